The van der Waals surface area contributed by atoms with Gasteiger partial charge in [-0.05, 0) is 18.2 Å². The summed E-state index contributed by atoms with van der Waals surface area (Å²) in [7, 11) is 0. The first-order chi connectivity index (χ1) is 13.3. The predicted molar refractivity (Wildman–Crippen MR) is 104 cm³/mol. The fraction of sp³-hybridized carbons (Fsp3) is 0.316. The molecule has 0 atom stereocenters. The molecule has 0 bridgehead atoms. The zero-order valence-corrected chi connectivity index (χ0v) is 15.0. The molecule has 2 aromatic heterocycles. The van der Waals surface area contributed by atoms with E-state index in [1.54, 1.807) is 18.5 Å². The van der Waals surface area contributed by atoms with Gasteiger partial charge in [0.15, 0.2) is 5.82 Å². The highest BCUT2D eigenvalue weighted by Crippen LogP contribution is 2.24. The molecule has 1 saturated heterocycles. The lowest BCUT2D eigenvalue weighted by Crippen LogP contribution is -2.43. The molecule has 140 valence electrons. The Labute approximate surface area is 157 Å². The Morgan fingerprint density at radius 2 is 1.85 bits per heavy atom. The number of anilines is 2. The number of nitrogens with zero attached hydrogens (tertiary/aromatic N) is 4. The average molecular weight is 366 g/mol. The molecule has 0 unspecified atom stereocenters. The third kappa shape index (κ3) is 4.17. The second-order valence-corrected chi connectivity index (χ2v) is 6.21. The van der Waals surface area contributed by atoms with Gasteiger partial charge in [-0.25, -0.2) is 4.98 Å². The largest absolute Gasteiger partial charge is 0.488 e. The molecule has 8 nitrogen and oxygen atoms in total. The van der Waals surface area contributed by atoms with Crippen LogP contribution in [-0.2, 0) is 0 Å². The molecular weight excluding hydrogens is 344 g/mol. The lowest BCUT2D eigenvalue weighted by Gasteiger charge is -2.28. The predicted octanol–water partition coefficient (Wildman–Crippen LogP) is 1.47. The van der Waals surface area contributed by atoms with Crippen LogP contribution in [0.25, 0.3) is 10.9 Å². The van der Waals surface area contributed by atoms with Gasteiger partial charge in [0, 0.05) is 31.6 Å². The summed E-state index contributed by atoms with van der Waals surface area (Å²) in [6, 6.07) is 9.48. The van der Waals surface area contributed by atoms with Gasteiger partial charge >= 0.3 is 0 Å². The van der Waals surface area contributed by atoms with Crippen LogP contribution in [0.5, 0.6) is 11.6 Å². The Morgan fingerprint density at radius 3 is 2.74 bits per heavy atom. The smallest absolute Gasteiger partial charge is 0.234 e. The number of rotatable bonds is 6. The van der Waals surface area contributed by atoms with Gasteiger partial charge in [-0.2, -0.15) is 4.98 Å². The van der Waals surface area contributed by atoms with E-state index in [1.807, 2.05) is 24.3 Å². The topological polar surface area (TPSA) is 98.4 Å². The summed E-state index contributed by atoms with van der Waals surface area (Å²) in [5, 5.41) is 4.31. The number of hydrogen-bond acceptors (Lipinski definition) is 8. The van der Waals surface area contributed by atoms with E-state index in [9.17, 15) is 0 Å². The van der Waals surface area contributed by atoms with Crippen molar-refractivity contribution in [3.05, 3.63) is 42.7 Å². The van der Waals surface area contributed by atoms with Crippen molar-refractivity contribution in [3.63, 3.8) is 0 Å². The first kappa shape index (κ1) is 17.3. The quantitative estimate of drug-likeness (QED) is 0.633. The molecule has 0 aliphatic carbocycles. The molecule has 27 heavy (non-hydrogen) atoms. The zero-order valence-electron chi connectivity index (χ0n) is 15.0. The molecular formula is C19H22N6O2. The monoisotopic (exact) mass is 366 g/mol. The molecule has 0 radical (unpaired) electrons. The summed E-state index contributed by atoms with van der Waals surface area (Å²) >= 11 is 0. The number of benzene rings is 1. The van der Waals surface area contributed by atoms with Crippen LogP contribution in [-0.4, -0.2) is 54.3 Å². The van der Waals surface area contributed by atoms with Gasteiger partial charge in [0.25, 0.3) is 0 Å². The minimum Gasteiger partial charge on any atom is -0.488 e. The molecule has 1 aliphatic rings. The Morgan fingerprint density at radius 1 is 1.00 bits per heavy atom. The van der Waals surface area contributed by atoms with E-state index < -0.39 is 0 Å². The molecule has 0 amide bonds. The van der Waals surface area contributed by atoms with Gasteiger partial charge in [0.05, 0.1) is 12.4 Å². The van der Waals surface area contributed by atoms with E-state index in [2.05, 4.69) is 25.2 Å². The van der Waals surface area contributed by atoms with Crippen molar-refractivity contribution < 1.29 is 9.47 Å². The fourth-order valence-electron chi connectivity index (χ4n) is 3.00. The Kier molecular flexibility index (Phi) is 5.15. The molecule has 3 heterocycles. The summed E-state index contributed by atoms with van der Waals surface area (Å²) in [5.41, 5.74) is 6.53. The first-order valence-corrected chi connectivity index (χ1v) is 8.98. The van der Waals surface area contributed by atoms with E-state index in [4.69, 9.17) is 15.2 Å². The van der Waals surface area contributed by atoms with E-state index in [1.165, 1.54) is 0 Å². The van der Waals surface area contributed by atoms with Gasteiger partial charge in [0.2, 0.25) is 5.88 Å². The molecule has 4 rings (SSSR count). The Hall–Kier alpha value is -3.13. The van der Waals surface area contributed by atoms with Crippen molar-refractivity contribution in [1.82, 2.24) is 20.3 Å². The first-order valence-electron chi connectivity index (χ1n) is 8.98. The van der Waals surface area contributed by atoms with Crippen LogP contribution in [0, 0.1) is 0 Å². The van der Waals surface area contributed by atoms with Gasteiger partial charge in [-0.3, -0.25) is 4.98 Å². The molecule has 1 fully saturated rings. The number of piperazine rings is 1. The summed E-state index contributed by atoms with van der Waals surface area (Å²) in [6.45, 7) is 4.46. The number of nitrogens with two attached hydrogens (primary N) is 1. The minimum absolute atomic E-state index is 0.360. The number of hydrogen-bond donors (Lipinski definition) is 2. The molecule has 1 aliphatic heterocycles. The fourth-order valence-corrected chi connectivity index (χ4v) is 3.00. The number of nitrogens with one attached hydrogen (secondary N) is 1. The average Bonchev–Trinajstić information content (AvgIpc) is 2.72. The number of fused-ring (bicyclic) bond motifs is 1. The highest BCUT2D eigenvalue weighted by molar-refractivity contribution is 5.85. The third-order valence-electron chi connectivity index (χ3n) is 4.34. The summed E-state index contributed by atoms with van der Waals surface area (Å²) in [6.07, 6.45) is 3.38. The van der Waals surface area contributed by atoms with Crippen molar-refractivity contribution >= 4 is 22.5 Å². The van der Waals surface area contributed by atoms with E-state index >= 15 is 0 Å². The second kappa shape index (κ2) is 8.05. The van der Waals surface area contributed by atoms with E-state index in [-0.39, 0.29) is 0 Å². The lowest BCUT2D eigenvalue weighted by molar-refractivity contribution is 0.212. The van der Waals surface area contributed by atoms with Crippen LogP contribution >= 0.6 is 0 Å². The van der Waals surface area contributed by atoms with Crippen molar-refractivity contribution in [1.29, 1.82) is 0 Å². The molecule has 0 saturated carbocycles. The SMILES string of the molecule is Nc1ccc2cccc(OCCOc3cncc(N4CCNCC4)n3)c2n1. The van der Waals surface area contributed by atoms with Gasteiger partial charge in [-0.15, -0.1) is 0 Å². The summed E-state index contributed by atoms with van der Waals surface area (Å²) in [5.74, 6) is 2.48. The van der Waals surface area contributed by atoms with Crippen LogP contribution in [0.15, 0.2) is 42.7 Å². The van der Waals surface area contributed by atoms with Gasteiger partial charge in [0.1, 0.15) is 30.3 Å². The molecule has 0 spiro atoms. The van der Waals surface area contributed by atoms with Crippen LogP contribution in [0.2, 0.25) is 0 Å². The normalized spacial score (nSPS) is 14.3. The van der Waals surface area contributed by atoms with Crippen LogP contribution in [0.4, 0.5) is 11.6 Å². The molecule has 1 aromatic carbocycles. The highest BCUT2D eigenvalue weighted by atomic mass is 16.5. The maximum atomic E-state index is 5.83. The second-order valence-electron chi connectivity index (χ2n) is 6.21. The van der Waals surface area contributed by atoms with E-state index in [0.717, 1.165) is 42.9 Å². The van der Waals surface area contributed by atoms with E-state index in [0.29, 0.717) is 30.7 Å². The number of ether oxygens (including phenoxy) is 2. The number of pyridine rings is 1. The zero-order chi connectivity index (χ0) is 18.5. The number of aromatic nitrogens is 3. The van der Waals surface area contributed by atoms with Crippen LogP contribution < -0.4 is 25.4 Å². The molecule has 3 aromatic rings. The van der Waals surface area contributed by atoms with Gasteiger partial charge < -0.3 is 25.4 Å². The summed E-state index contributed by atoms with van der Waals surface area (Å²) in [4.78, 5) is 15.3. The van der Waals surface area contributed by atoms with Crippen LogP contribution in [0.3, 0.4) is 0 Å². The van der Waals surface area contributed by atoms with Crippen molar-refractivity contribution in [2.24, 2.45) is 0 Å². The standard InChI is InChI=1S/C19H22N6O2/c20-16-5-4-14-2-1-3-15(19(14)23-16)26-10-11-27-18-13-22-12-17(24-18)25-8-6-21-7-9-25/h1-5,12-13,21H,6-11H2,(H2,20,23). The highest BCUT2D eigenvalue weighted by Gasteiger charge is 2.12. The molecule has 8 heteroatoms. The summed E-state index contributed by atoms with van der Waals surface area (Å²) < 4.78 is 11.5. The van der Waals surface area contributed by atoms with Crippen molar-refractivity contribution in [2.75, 3.05) is 50.0 Å². The third-order valence-corrected chi connectivity index (χ3v) is 4.34. The lowest BCUT2D eigenvalue weighted by atomic mass is 10.2. The number of para-hydroxylation sites is 1. The van der Waals surface area contributed by atoms with Crippen molar-refractivity contribution in [3.8, 4) is 11.6 Å². The molecule has 3 N–H and O–H groups in total. The van der Waals surface area contributed by atoms with Gasteiger partial charge in [-0.1, -0.05) is 12.1 Å². The maximum absolute atomic E-state index is 5.83. The Balaban J connectivity index is 1.35. The van der Waals surface area contributed by atoms with Crippen molar-refractivity contribution in [2.45, 2.75) is 0 Å². The maximum Gasteiger partial charge on any atom is 0.234 e. The Bertz CT molecular complexity index is 914. The number of nitrogen functional groups attached to an aromatic ring is 1. The van der Waals surface area contributed by atoms with Crippen LogP contribution in [0.1, 0.15) is 0 Å². The minimum atomic E-state index is 0.360.